The standard InChI is InChI=1S/C15H13ClO3/c1-19-15(18)14(17)12-8-3-2-6-10(12)11-7-4-5-9-13(11)16/h2-9,14,17H,1H3. The van der Waals surface area contributed by atoms with E-state index < -0.39 is 12.1 Å². The first kappa shape index (κ1) is 13.6. The van der Waals surface area contributed by atoms with Crippen LogP contribution in [0.3, 0.4) is 0 Å². The highest BCUT2D eigenvalue weighted by Crippen LogP contribution is 2.33. The summed E-state index contributed by atoms with van der Waals surface area (Å²) < 4.78 is 4.57. The zero-order valence-electron chi connectivity index (χ0n) is 10.3. The number of esters is 1. The van der Waals surface area contributed by atoms with Gasteiger partial charge < -0.3 is 9.84 Å². The quantitative estimate of drug-likeness (QED) is 0.876. The molecule has 2 rings (SSSR count). The lowest BCUT2D eigenvalue weighted by atomic mass is 9.96. The zero-order valence-corrected chi connectivity index (χ0v) is 11.1. The predicted molar refractivity (Wildman–Crippen MR) is 73.9 cm³/mol. The molecule has 0 saturated carbocycles. The number of hydrogen-bond donors (Lipinski definition) is 1. The second-order valence-electron chi connectivity index (χ2n) is 3.99. The van der Waals surface area contributed by atoms with Gasteiger partial charge in [-0.15, -0.1) is 0 Å². The van der Waals surface area contributed by atoms with Gasteiger partial charge >= 0.3 is 5.97 Å². The Morgan fingerprint density at radius 3 is 2.32 bits per heavy atom. The highest BCUT2D eigenvalue weighted by Gasteiger charge is 2.21. The van der Waals surface area contributed by atoms with Gasteiger partial charge in [-0.2, -0.15) is 0 Å². The van der Waals surface area contributed by atoms with Crippen LogP contribution in [-0.2, 0) is 9.53 Å². The number of hydrogen-bond acceptors (Lipinski definition) is 3. The molecular weight excluding hydrogens is 264 g/mol. The lowest BCUT2D eigenvalue weighted by Gasteiger charge is -2.14. The van der Waals surface area contributed by atoms with Crippen molar-refractivity contribution in [2.75, 3.05) is 7.11 Å². The Balaban J connectivity index is 2.54. The first-order chi connectivity index (χ1) is 9.15. The van der Waals surface area contributed by atoms with Crippen molar-refractivity contribution in [1.29, 1.82) is 0 Å². The molecule has 0 aromatic heterocycles. The van der Waals surface area contributed by atoms with Gasteiger partial charge in [-0.1, -0.05) is 54.1 Å². The maximum Gasteiger partial charge on any atom is 0.339 e. The number of aliphatic hydroxyl groups excluding tert-OH is 1. The molecule has 98 valence electrons. The van der Waals surface area contributed by atoms with E-state index in [0.29, 0.717) is 16.1 Å². The number of methoxy groups -OCH3 is 1. The van der Waals surface area contributed by atoms with Crippen LogP contribution in [0, 0.1) is 0 Å². The van der Waals surface area contributed by atoms with Gasteiger partial charge in [0.25, 0.3) is 0 Å². The highest BCUT2D eigenvalue weighted by atomic mass is 35.5. The number of halogens is 1. The van der Waals surface area contributed by atoms with Gasteiger partial charge in [0.1, 0.15) is 0 Å². The van der Waals surface area contributed by atoms with E-state index in [0.717, 1.165) is 5.56 Å². The fraction of sp³-hybridized carbons (Fsp3) is 0.133. The maximum absolute atomic E-state index is 11.5. The molecule has 1 unspecified atom stereocenters. The van der Waals surface area contributed by atoms with Crippen LogP contribution in [0.4, 0.5) is 0 Å². The fourth-order valence-corrected chi connectivity index (χ4v) is 2.14. The van der Waals surface area contributed by atoms with Crippen molar-refractivity contribution in [2.45, 2.75) is 6.10 Å². The highest BCUT2D eigenvalue weighted by molar-refractivity contribution is 6.33. The molecule has 0 amide bonds. The number of carbonyl (C=O) groups is 1. The summed E-state index contributed by atoms with van der Waals surface area (Å²) in [6.45, 7) is 0. The van der Waals surface area contributed by atoms with E-state index >= 15 is 0 Å². The molecule has 1 N–H and O–H groups in total. The molecule has 2 aromatic rings. The monoisotopic (exact) mass is 276 g/mol. The Hall–Kier alpha value is -1.84. The minimum atomic E-state index is -1.32. The molecule has 0 aliphatic rings. The number of aliphatic hydroxyl groups is 1. The average molecular weight is 277 g/mol. The lowest BCUT2D eigenvalue weighted by Crippen LogP contribution is -2.14. The van der Waals surface area contributed by atoms with Crippen molar-refractivity contribution >= 4 is 17.6 Å². The van der Waals surface area contributed by atoms with Crippen molar-refractivity contribution in [3.63, 3.8) is 0 Å². The molecule has 0 heterocycles. The largest absolute Gasteiger partial charge is 0.467 e. The fourth-order valence-electron chi connectivity index (χ4n) is 1.90. The molecule has 0 fully saturated rings. The Morgan fingerprint density at radius 2 is 1.68 bits per heavy atom. The van der Waals surface area contributed by atoms with E-state index in [1.54, 1.807) is 18.2 Å². The summed E-state index contributed by atoms with van der Waals surface area (Å²) in [4.78, 5) is 11.5. The summed E-state index contributed by atoms with van der Waals surface area (Å²) >= 11 is 6.15. The molecule has 0 saturated heterocycles. The molecule has 0 spiro atoms. The van der Waals surface area contributed by atoms with Gasteiger partial charge in [-0.3, -0.25) is 0 Å². The van der Waals surface area contributed by atoms with E-state index in [4.69, 9.17) is 11.6 Å². The molecule has 0 aliphatic carbocycles. The van der Waals surface area contributed by atoms with Crippen molar-refractivity contribution in [1.82, 2.24) is 0 Å². The number of ether oxygens (including phenoxy) is 1. The van der Waals surface area contributed by atoms with Crippen LogP contribution in [0.25, 0.3) is 11.1 Å². The van der Waals surface area contributed by atoms with Crippen molar-refractivity contribution in [3.8, 4) is 11.1 Å². The second kappa shape index (κ2) is 5.87. The van der Waals surface area contributed by atoms with Crippen molar-refractivity contribution in [3.05, 3.63) is 59.1 Å². The number of benzene rings is 2. The van der Waals surface area contributed by atoms with Crippen molar-refractivity contribution in [2.24, 2.45) is 0 Å². The summed E-state index contributed by atoms with van der Waals surface area (Å²) in [5.41, 5.74) is 1.95. The Morgan fingerprint density at radius 1 is 1.11 bits per heavy atom. The van der Waals surface area contributed by atoms with Crippen LogP contribution in [0.15, 0.2) is 48.5 Å². The predicted octanol–water partition coefficient (Wildman–Crippen LogP) is 3.21. The van der Waals surface area contributed by atoms with Gasteiger partial charge in [0.15, 0.2) is 6.10 Å². The third-order valence-corrected chi connectivity index (χ3v) is 3.17. The summed E-state index contributed by atoms with van der Waals surface area (Å²) in [5, 5.41) is 10.6. The molecule has 0 radical (unpaired) electrons. The average Bonchev–Trinajstić information content (AvgIpc) is 2.46. The smallest absolute Gasteiger partial charge is 0.339 e. The zero-order chi connectivity index (χ0) is 13.8. The SMILES string of the molecule is COC(=O)C(O)c1ccccc1-c1ccccc1Cl. The second-order valence-corrected chi connectivity index (χ2v) is 4.40. The molecule has 1 atom stereocenters. The van der Waals surface area contributed by atoms with Crippen LogP contribution < -0.4 is 0 Å². The molecule has 3 nitrogen and oxygen atoms in total. The lowest BCUT2D eigenvalue weighted by molar-refractivity contribution is -0.150. The number of carbonyl (C=O) groups excluding carboxylic acids is 1. The van der Waals surface area contributed by atoms with Gasteiger partial charge in [-0.25, -0.2) is 4.79 Å². The molecule has 2 aromatic carbocycles. The Bertz CT molecular complexity index is 595. The minimum absolute atomic E-state index is 0.474. The summed E-state index contributed by atoms with van der Waals surface area (Å²) in [6, 6.07) is 14.3. The first-order valence-electron chi connectivity index (χ1n) is 5.75. The van der Waals surface area contributed by atoms with Gasteiger partial charge in [0.05, 0.1) is 7.11 Å². The van der Waals surface area contributed by atoms with Crippen molar-refractivity contribution < 1.29 is 14.6 Å². The summed E-state index contributed by atoms with van der Waals surface area (Å²) in [6.07, 6.45) is -1.32. The number of rotatable bonds is 3. The van der Waals surface area contributed by atoms with Crippen LogP contribution in [0.1, 0.15) is 11.7 Å². The van der Waals surface area contributed by atoms with Crippen LogP contribution in [0.5, 0.6) is 0 Å². The van der Waals surface area contributed by atoms with Crippen LogP contribution in [-0.4, -0.2) is 18.2 Å². The van der Waals surface area contributed by atoms with Crippen LogP contribution >= 0.6 is 11.6 Å². The third-order valence-electron chi connectivity index (χ3n) is 2.84. The normalized spacial score (nSPS) is 11.9. The van der Waals surface area contributed by atoms with E-state index in [-0.39, 0.29) is 0 Å². The van der Waals surface area contributed by atoms with Gasteiger partial charge in [0, 0.05) is 10.6 Å². The molecular formula is C15H13ClO3. The minimum Gasteiger partial charge on any atom is -0.467 e. The van der Waals surface area contributed by atoms with E-state index in [9.17, 15) is 9.90 Å². The van der Waals surface area contributed by atoms with E-state index in [2.05, 4.69) is 4.74 Å². The maximum atomic E-state index is 11.5. The molecule has 4 heteroatoms. The van der Waals surface area contributed by atoms with Crippen LogP contribution in [0.2, 0.25) is 5.02 Å². The van der Waals surface area contributed by atoms with E-state index in [1.807, 2.05) is 30.3 Å². The Labute approximate surface area is 116 Å². The molecule has 19 heavy (non-hydrogen) atoms. The van der Waals surface area contributed by atoms with Gasteiger partial charge in [0.2, 0.25) is 0 Å². The molecule has 0 aliphatic heterocycles. The first-order valence-corrected chi connectivity index (χ1v) is 6.12. The van der Waals surface area contributed by atoms with E-state index in [1.165, 1.54) is 7.11 Å². The third kappa shape index (κ3) is 2.78. The van der Waals surface area contributed by atoms with Gasteiger partial charge in [-0.05, 0) is 17.2 Å². The topological polar surface area (TPSA) is 46.5 Å². The summed E-state index contributed by atoms with van der Waals surface area (Å²) in [5.74, 6) is -0.695. The summed E-state index contributed by atoms with van der Waals surface area (Å²) in [7, 11) is 1.24. The Kier molecular flexibility index (Phi) is 4.20. The molecule has 0 bridgehead atoms.